The number of fused-ring (bicyclic) bond motifs is 2. The highest BCUT2D eigenvalue weighted by atomic mass is 32.1. The van der Waals surface area contributed by atoms with E-state index in [-0.39, 0.29) is 23.5 Å². The average Bonchev–Trinajstić information content (AvgIpc) is 3.48. The summed E-state index contributed by atoms with van der Waals surface area (Å²) < 4.78 is 53.0. The highest BCUT2D eigenvalue weighted by molar-refractivity contribution is 7.17. The first-order chi connectivity index (χ1) is 18.6. The summed E-state index contributed by atoms with van der Waals surface area (Å²) in [6, 6.07) is 7.26. The van der Waals surface area contributed by atoms with Crippen molar-refractivity contribution in [1.82, 2.24) is 14.6 Å². The quantitative estimate of drug-likeness (QED) is 0.290. The first-order valence-corrected chi connectivity index (χ1v) is 13.2. The van der Waals surface area contributed by atoms with E-state index in [1.165, 1.54) is 18.4 Å². The summed E-state index contributed by atoms with van der Waals surface area (Å²) in [4.78, 5) is 31.6. The van der Waals surface area contributed by atoms with Gasteiger partial charge in [0.05, 0.1) is 31.2 Å². The summed E-state index contributed by atoms with van der Waals surface area (Å²) in [7, 11) is 1.48. The number of benzene rings is 1. The molecule has 0 radical (unpaired) electrons. The van der Waals surface area contributed by atoms with Crippen LogP contribution in [0.25, 0.3) is 16.9 Å². The van der Waals surface area contributed by atoms with E-state index < -0.39 is 23.7 Å². The molecule has 1 aliphatic rings. The maximum absolute atomic E-state index is 14.0. The molecule has 0 fully saturated rings. The Morgan fingerprint density at radius 1 is 1.23 bits per heavy atom. The van der Waals surface area contributed by atoms with Crippen molar-refractivity contribution in [2.75, 3.05) is 19.0 Å². The highest BCUT2D eigenvalue weighted by Gasteiger charge is 2.36. The van der Waals surface area contributed by atoms with Crippen molar-refractivity contribution >= 4 is 33.9 Å². The molecule has 204 valence electrons. The molecule has 39 heavy (non-hydrogen) atoms. The van der Waals surface area contributed by atoms with Crippen LogP contribution in [-0.2, 0) is 23.8 Å². The van der Waals surface area contributed by atoms with Crippen LogP contribution in [0.5, 0.6) is 5.75 Å². The first-order valence-electron chi connectivity index (χ1n) is 12.3. The number of methoxy groups -OCH3 is 1. The molecule has 5 rings (SSSR count). The molecule has 3 heterocycles. The van der Waals surface area contributed by atoms with Gasteiger partial charge in [-0.05, 0) is 68.0 Å². The number of nitrogens with one attached hydrogen (secondary N) is 1. The number of ether oxygens (including phenoxy) is 2. The topological polar surface area (TPSA) is 94.8 Å². The number of anilines is 1. The largest absolute Gasteiger partial charge is 0.497 e. The Bertz CT molecular complexity index is 1560. The van der Waals surface area contributed by atoms with Gasteiger partial charge in [-0.1, -0.05) is 6.92 Å². The maximum atomic E-state index is 14.0. The molecule has 0 bridgehead atoms. The molecule has 1 aliphatic carbocycles. The minimum atomic E-state index is -4.76. The molecule has 3 aromatic heterocycles. The molecule has 0 spiro atoms. The van der Waals surface area contributed by atoms with Gasteiger partial charge in [-0.3, -0.25) is 4.79 Å². The third kappa shape index (κ3) is 5.08. The first kappa shape index (κ1) is 26.7. The molecule has 0 saturated heterocycles. The number of carbonyl (C=O) groups excluding carboxylic acids is 2. The summed E-state index contributed by atoms with van der Waals surface area (Å²) in [5.41, 5.74) is 0.0691. The second-order valence-electron chi connectivity index (χ2n) is 9.28. The monoisotopic (exact) mass is 558 g/mol. The average molecular weight is 559 g/mol. The summed E-state index contributed by atoms with van der Waals surface area (Å²) in [5, 5.41) is 6.88. The van der Waals surface area contributed by atoms with Crippen molar-refractivity contribution in [3.8, 4) is 17.0 Å². The predicted molar refractivity (Wildman–Crippen MR) is 139 cm³/mol. The van der Waals surface area contributed by atoms with Gasteiger partial charge in [0.1, 0.15) is 16.3 Å². The molecule has 12 heteroatoms. The third-order valence-corrected chi connectivity index (χ3v) is 7.78. The van der Waals surface area contributed by atoms with E-state index in [4.69, 9.17) is 9.47 Å². The van der Waals surface area contributed by atoms with Crippen molar-refractivity contribution in [2.24, 2.45) is 5.92 Å². The number of esters is 1. The smallest absolute Gasteiger partial charge is 0.433 e. The Morgan fingerprint density at radius 2 is 1.97 bits per heavy atom. The molecule has 1 N–H and O–H groups in total. The van der Waals surface area contributed by atoms with Crippen LogP contribution in [0.3, 0.4) is 0 Å². The Balaban J connectivity index is 1.58. The minimum Gasteiger partial charge on any atom is -0.497 e. The lowest BCUT2D eigenvalue weighted by Crippen LogP contribution is -2.17. The van der Waals surface area contributed by atoms with Crippen LogP contribution in [0.2, 0.25) is 0 Å². The lowest BCUT2D eigenvalue weighted by molar-refractivity contribution is -0.142. The van der Waals surface area contributed by atoms with Gasteiger partial charge >= 0.3 is 12.1 Å². The normalized spacial score (nSPS) is 15.2. The van der Waals surface area contributed by atoms with E-state index in [9.17, 15) is 22.8 Å². The lowest BCUT2D eigenvalue weighted by atomic mass is 9.88. The third-order valence-electron chi connectivity index (χ3n) is 6.61. The van der Waals surface area contributed by atoms with Gasteiger partial charge in [0.25, 0.3) is 5.91 Å². The number of thiophene rings is 1. The SMILES string of the molecule is CCOC(=O)c1c(NC(=O)c2cnn3c(C(F)(F)F)cc(-c4ccc(OC)cc4)nc23)sc2c1CCC(C)C2. The zero-order valence-corrected chi connectivity index (χ0v) is 22.2. The molecule has 1 unspecified atom stereocenters. The van der Waals surface area contributed by atoms with Crippen molar-refractivity contribution in [3.05, 3.63) is 63.8 Å². The van der Waals surface area contributed by atoms with Crippen molar-refractivity contribution < 1.29 is 32.2 Å². The number of carbonyl (C=O) groups is 2. The van der Waals surface area contributed by atoms with E-state index in [2.05, 4.69) is 22.3 Å². The highest BCUT2D eigenvalue weighted by Crippen LogP contribution is 2.40. The fourth-order valence-corrected chi connectivity index (χ4v) is 6.06. The number of alkyl halides is 3. The van der Waals surface area contributed by atoms with Crippen molar-refractivity contribution in [2.45, 2.75) is 39.3 Å². The van der Waals surface area contributed by atoms with Gasteiger partial charge in [0.15, 0.2) is 11.3 Å². The Kier molecular flexibility index (Phi) is 7.06. The number of rotatable bonds is 6. The van der Waals surface area contributed by atoms with Crippen molar-refractivity contribution in [1.29, 1.82) is 0 Å². The van der Waals surface area contributed by atoms with E-state index >= 15 is 0 Å². The van der Waals surface area contributed by atoms with E-state index in [0.717, 1.165) is 35.5 Å². The van der Waals surface area contributed by atoms with Crippen LogP contribution in [0.1, 0.15) is 57.1 Å². The Morgan fingerprint density at radius 3 is 2.64 bits per heavy atom. The molecule has 1 amide bonds. The number of amides is 1. The van der Waals surface area contributed by atoms with Crippen LogP contribution in [0, 0.1) is 5.92 Å². The molecule has 1 atom stereocenters. The number of aromatic nitrogens is 3. The second kappa shape index (κ2) is 10.3. The summed E-state index contributed by atoms with van der Waals surface area (Å²) in [6.45, 7) is 3.98. The van der Waals surface area contributed by atoms with Crippen molar-refractivity contribution in [3.63, 3.8) is 0 Å². The van der Waals surface area contributed by atoms with Crippen LogP contribution in [0.15, 0.2) is 36.5 Å². The number of hydrogen-bond donors (Lipinski definition) is 1. The zero-order valence-electron chi connectivity index (χ0n) is 21.4. The summed E-state index contributed by atoms with van der Waals surface area (Å²) in [6.07, 6.45) is -1.38. The predicted octanol–water partition coefficient (Wildman–Crippen LogP) is 6.04. The number of hydrogen-bond acceptors (Lipinski definition) is 7. The minimum absolute atomic E-state index is 0.0137. The lowest BCUT2D eigenvalue weighted by Gasteiger charge is -2.18. The molecule has 4 aromatic rings. The Labute approximate surface area is 225 Å². The standard InChI is InChI=1S/C27H25F3N4O4S/c1-4-38-26(36)22-17-10-5-14(2)11-20(17)39-25(22)33-24(35)18-13-31-34-21(27(28,29)30)12-19(32-23(18)34)15-6-8-16(37-3)9-7-15/h6-9,12-14H,4-5,10-11H2,1-3H3,(H,33,35). The summed E-state index contributed by atoms with van der Waals surface area (Å²) >= 11 is 1.29. The number of halogens is 3. The molecule has 1 aromatic carbocycles. The van der Waals surface area contributed by atoms with Gasteiger partial charge in [-0.25, -0.2) is 14.3 Å². The molecular weight excluding hydrogens is 533 g/mol. The van der Waals surface area contributed by atoms with Crippen LogP contribution >= 0.6 is 11.3 Å². The van der Waals surface area contributed by atoms with Gasteiger partial charge in [0, 0.05) is 10.4 Å². The van der Waals surface area contributed by atoms with Gasteiger partial charge in [-0.15, -0.1) is 11.3 Å². The van der Waals surface area contributed by atoms with E-state index in [0.29, 0.717) is 38.7 Å². The molecular formula is C27H25F3N4O4S. The van der Waals surface area contributed by atoms with Crippen LogP contribution in [-0.4, -0.2) is 40.2 Å². The van der Waals surface area contributed by atoms with Gasteiger partial charge < -0.3 is 14.8 Å². The zero-order chi connectivity index (χ0) is 27.9. The summed E-state index contributed by atoms with van der Waals surface area (Å²) in [5.74, 6) is -0.310. The Hall–Kier alpha value is -3.93. The molecule has 0 saturated carbocycles. The number of nitrogens with zero attached hydrogens (tertiary/aromatic N) is 3. The fraction of sp³-hybridized carbons (Fsp3) is 0.333. The van der Waals surface area contributed by atoms with Gasteiger partial charge in [-0.2, -0.15) is 18.3 Å². The van der Waals surface area contributed by atoms with E-state index in [1.54, 1.807) is 31.2 Å². The second-order valence-corrected chi connectivity index (χ2v) is 10.4. The van der Waals surface area contributed by atoms with Gasteiger partial charge in [0.2, 0.25) is 0 Å². The fourth-order valence-electron chi connectivity index (χ4n) is 4.66. The van der Waals surface area contributed by atoms with E-state index in [1.807, 2.05) is 0 Å². The maximum Gasteiger partial charge on any atom is 0.433 e. The molecule has 8 nitrogen and oxygen atoms in total. The molecule has 0 aliphatic heterocycles. The van der Waals surface area contributed by atoms with Crippen LogP contribution in [0.4, 0.5) is 18.2 Å². The van der Waals surface area contributed by atoms with Crippen LogP contribution < -0.4 is 10.1 Å².